The van der Waals surface area contributed by atoms with Gasteiger partial charge in [0, 0.05) is 38.5 Å². The van der Waals surface area contributed by atoms with E-state index in [2.05, 4.69) is 9.97 Å². The molecule has 7 nitrogen and oxygen atoms in total. The Morgan fingerprint density at radius 3 is 2.86 bits per heavy atom. The van der Waals surface area contributed by atoms with E-state index in [-0.39, 0.29) is 23.7 Å². The molecule has 0 aromatic carbocycles. The molecule has 2 fully saturated rings. The van der Waals surface area contributed by atoms with Crippen LogP contribution >= 0.6 is 0 Å². The minimum Gasteiger partial charge on any atom is -0.474 e. The summed E-state index contributed by atoms with van der Waals surface area (Å²) in [6.07, 6.45) is 6.36. The first kappa shape index (κ1) is 18.4. The predicted octanol–water partition coefficient (Wildman–Crippen LogP) is 2.58. The van der Waals surface area contributed by atoms with Gasteiger partial charge in [-0.1, -0.05) is 6.07 Å². The molecule has 28 heavy (non-hydrogen) atoms. The molecule has 3 atom stereocenters. The average Bonchev–Trinajstić information content (AvgIpc) is 3.13. The van der Waals surface area contributed by atoms with Crippen molar-refractivity contribution in [1.82, 2.24) is 14.9 Å². The Morgan fingerprint density at radius 1 is 1.29 bits per heavy atom. The number of aromatic nitrogens is 2. The number of amides is 1. The van der Waals surface area contributed by atoms with Crippen LogP contribution in [-0.4, -0.2) is 52.2 Å². The SMILES string of the molecule is CO[C@@]12CC[C@@H](Oc3ccccn3)C[C@@H]1N(C(=O)c1ccc(C#N)nc1)CC2. The molecule has 2 aromatic heterocycles. The molecule has 0 bridgehead atoms. The van der Waals surface area contributed by atoms with E-state index in [1.807, 2.05) is 29.2 Å². The van der Waals surface area contributed by atoms with E-state index in [9.17, 15) is 4.79 Å². The second kappa shape index (κ2) is 7.56. The Labute approximate surface area is 163 Å². The van der Waals surface area contributed by atoms with Crippen LogP contribution in [0.2, 0.25) is 0 Å². The molecule has 2 aliphatic rings. The number of nitriles is 1. The van der Waals surface area contributed by atoms with Crippen molar-refractivity contribution in [2.24, 2.45) is 0 Å². The first-order valence-electron chi connectivity index (χ1n) is 9.45. The van der Waals surface area contributed by atoms with Crippen LogP contribution in [0.15, 0.2) is 42.7 Å². The maximum Gasteiger partial charge on any atom is 0.255 e. The van der Waals surface area contributed by atoms with Gasteiger partial charge in [-0.2, -0.15) is 5.26 Å². The molecule has 2 aromatic rings. The van der Waals surface area contributed by atoms with Gasteiger partial charge in [-0.25, -0.2) is 9.97 Å². The lowest BCUT2D eigenvalue weighted by atomic mass is 9.79. The Bertz CT molecular complexity index is 881. The number of likely N-dealkylation sites (tertiary alicyclic amines) is 1. The van der Waals surface area contributed by atoms with Gasteiger partial charge in [0.15, 0.2) is 0 Å². The second-order valence-corrected chi connectivity index (χ2v) is 7.26. The van der Waals surface area contributed by atoms with Crippen molar-refractivity contribution in [1.29, 1.82) is 5.26 Å². The molecular formula is C21H22N4O3. The van der Waals surface area contributed by atoms with Gasteiger partial charge < -0.3 is 14.4 Å². The lowest BCUT2D eigenvalue weighted by molar-refractivity contribution is -0.0788. The molecule has 0 radical (unpaired) electrons. The van der Waals surface area contributed by atoms with Crippen molar-refractivity contribution in [2.75, 3.05) is 13.7 Å². The fourth-order valence-electron chi connectivity index (χ4n) is 4.35. The third kappa shape index (κ3) is 3.32. The van der Waals surface area contributed by atoms with Crippen LogP contribution in [0.25, 0.3) is 0 Å². The van der Waals surface area contributed by atoms with Gasteiger partial charge in [-0.3, -0.25) is 4.79 Å². The van der Waals surface area contributed by atoms with Crippen LogP contribution in [0.4, 0.5) is 0 Å². The summed E-state index contributed by atoms with van der Waals surface area (Å²) in [6.45, 7) is 0.633. The van der Waals surface area contributed by atoms with Crippen molar-refractivity contribution >= 4 is 5.91 Å². The highest BCUT2D eigenvalue weighted by Gasteiger charge is 2.53. The van der Waals surface area contributed by atoms with E-state index < -0.39 is 0 Å². The van der Waals surface area contributed by atoms with E-state index in [0.29, 0.717) is 30.1 Å². The normalized spacial score (nSPS) is 26.4. The minimum atomic E-state index is -0.334. The largest absolute Gasteiger partial charge is 0.474 e. The van der Waals surface area contributed by atoms with Crippen molar-refractivity contribution in [3.63, 3.8) is 0 Å². The predicted molar refractivity (Wildman–Crippen MR) is 101 cm³/mol. The smallest absolute Gasteiger partial charge is 0.255 e. The highest BCUT2D eigenvalue weighted by Crippen LogP contribution is 2.43. The molecule has 1 saturated carbocycles. The monoisotopic (exact) mass is 378 g/mol. The molecule has 3 heterocycles. The van der Waals surface area contributed by atoms with Crippen LogP contribution in [0.3, 0.4) is 0 Å². The maximum atomic E-state index is 13.1. The number of carbonyl (C=O) groups is 1. The van der Waals surface area contributed by atoms with Crippen LogP contribution < -0.4 is 4.74 Å². The fraction of sp³-hybridized carbons (Fsp3) is 0.429. The van der Waals surface area contributed by atoms with E-state index in [1.165, 1.54) is 6.20 Å². The van der Waals surface area contributed by atoms with Gasteiger partial charge in [0.05, 0.1) is 17.2 Å². The van der Waals surface area contributed by atoms with Crippen LogP contribution in [0, 0.1) is 11.3 Å². The molecule has 144 valence electrons. The number of methoxy groups -OCH3 is 1. The quantitative estimate of drug-likeness (QED) is 0.812. The van der Waals surface area contributed by atoms with Crippen molar-refractivity contribution in [3.05, 3.63) is 54.0 Å². The van der Waals surface area contributed by atoms with Crippen LogP contribution in [0.5, 0.6) is 5.88 Å². The van der Waals surface area contributed by atoms with Crippen molar-refractivity contribution in [3.8, 4) is 11.9 Å². The maximum absolute atomic E-state index is 13.1. The molecule has 1 amide bonds. The summed E-state index contributed by atoms with van der Waals surface area (Å²) in [7, 11) is 1.73. The molecule has 0 unspecified atom stereocenters. The summed E-state index contributed by atoms with van der Waals surface area (Å²) in [5.74, 6) is 0.518. The Balaban J connectivity index is 1.53. The van der Waals surface area contributed by atoms with Gasteiger partial charge in [-0.05, 0) is 37.5 Å². The second-order valence-electron chi connectivity index (χ2n) is 7.26. The van der Waals surface area contributed by atoms with E-state index >= 15 is 0 Å². The summed E-state index contributed by atoms with van der Waals surface area (Å²) in [6, 6.07) is 10.7. The number of pyridine rings is 2. The van der Waals surface area contributed by atoms with Gasteiger partial charge >= 0.3 is 0 Å². The summed E-state index contributed by atoms with van der Waals surface area (Å²) in [4.78, 5) is 23.3. The summed E-state index contributed by atoms with van der Waals surface area (Å²) in [5, 5.41) is 8.91. The van der Waals surface area contributed by atoms with Gasteiger partial charge in [-0.15, -0.1) is 0 Å². The lowest BCUT2D eigenvalue weighted by Gasteiger charge is -2.43. The van der Waals surface area contributed by atoms with Gasteiger partial charge in [0.1, 0.15) is 17.9 Å². The number of nitrogens with zero attached hydrogens (tertiary/aromatic N) is 4. The third-order valence-electron chi connectivity index (χ3n) is 5.85. The van der Waals surface area contributed by atoms with E-state index in [1.54, 1.807) is 25.4 Å². The number of rotatable bonds is 4. The summed E-state index contributed by atoms with van der Waals surface area (Å²) < 4.78 is 12.0. The van der Waals surface area contributed by atoms with Gasteiger partial charge in [0.25, 0.3) is 5.91 Å². The zero-order valence-electron chi connectivity index (χ0n) is 15.7. The number of hydrogen-bond donors (Lipinski definition) is 0. The number of ether oxygens (including phenoxy) is 2. The molecular weight excluding hydrogens is 356 g/mol. The molecule has 0 N–H and O–H groups in total. The van der Waals surface area contributed by atoms with Gasteiger partial charge in [0.2, 0.25) is 5.88 Å². The fourth-order valence-corrected chi connectivity index (χ4v) is 4.35. The topological polar surface area (TPSA) is 88.3 Å². The molecule has 4 rings (SSSR count). The highest BCUT2D eigenvalue weighted by molar-refractivity contribution is 5.94. The molecule has 1 saturated heterocycles. The zero-order valence-corrected chi connectivity index (χ0v) is 15.7. The molecule has 1 aliphatic carbocycles. The Kier molecular flexibility index (Phi) is 4.97. The Hall–Kier alpha value is -2.98. The standard InChI is InChI=1S/C21H22N4O3/c1-27-21-8-7-17(28-19-4-2-3-10-23-19)12-18(21)25(11-9-21)20(26)15-5-6-16(13-22)24-14-15/h2-6,10,14,17-18H,7-9,11-12H2,1H3/t17-,18+,21-/m1/s1. The molecule has 0 spiro atoms. The van der Waals surface area contributed by atoms with Crippen LogP contribution in [0.1, 0.15) is 41.7 Å². The van der Waals surface area contributed by atoms with Crippen molar-refractivity contribution in [2.45, 2.75) is 43.4 Å². The summed E-state index contributed by atoms with van der Waals surface area (Å²) in [5.41, 5.74) is 0.448. The number of hydrogen-bond acceptors (Lipinski definition) is 6. The molecule has 1 aliphatic heterocycles. The first-order valence-corrected chi connectivity index (χ1v) is 9.45. The Morgan fingerprint density at radius 2 is 2.18 bits per heavy atom. The average molecular weight is 378 g/mol. The lowest BCUT2D eigenvalue weighted by Crippen LogP contribution is -2.53. The number of carbonyl (C=O) groups excluding carboxylic acids is 1. The molecule has 7 heteroatoms. The highest BCUT2D eigenvalue weighted by atomic mass is 16.5. The third-order valence-corrected chi connectivity index (χ3v) is 5.85. The zero-order chi connectivity index (χ0) is 19.6. The van der Waals surface area contributed by atoms with E-state index in [4.69, 9.17) is 14.7 Å². The van der Waals surface area contributed by atoms with Crippen molar-refractivity contribution < 1.29 is 14.3 Å². The van der Waals surface area contributed by atoms with Crippen LogP contribution in [-0.2, 0) is 4.74 Å². The minimum absolute atomic E-state index is 0.0179. The summed E-state index contributed by atoms with van der Waals surface area (Å²) >= 11 is 0. The first-order chi connectivity index (χ1) is 13.6. The van der Waals surface area contributed by atoms with E-state index in [0.717, 1.165) is 19.3 Å². The number of fused-ring (bicyclic) bond motifs is 1.